The van der Waals surface area contributed by atoms with Crippen LogP contribution in [-0.4, -0.2) is 33.8 Å². The van der Waals surface area contributed by atoms with Crippen molar-refractivity contribution in [3.8, 4) is 17.2 Å². The van der Waals surface area contributed by atoms with E-state index in [9.17, 15) is 14.0 Å². The third kappa shape index (κ3) is 6.15. The van der Waals surface area contributed by atoms with Crippen molar-refractivity contribution in [1.82, 2.24) is 20.1 Å². The molecule has 0 fully saturated rings. The smallest absolute Gasteiger partial charge is 0.324 e. The number of anilines is 2. The van der Waals surface area contributed by atoms with Crippen molar-refractivity contribution < 1.29 is 18.7 Å². The van der Waals surface area contributed by atoms with Gasteiger partial charge in [-0.3, -0.25) is 15.1 Å². The molecule has 3 amide bonds. The highest BCUT2D eigenvalue weighted by molar-refractivity contribution is 5.99. The summed E-state index contributed by atoms with van der Waals surface area (Å²) in [5.41, 5.74) is 2.79. The Hall–Kier alpha value is -4.73. The summed E-state index contributed by atoms with van der Waals surface area (Å²) in [6, 6.07) is 16.0. The number of urea groups is 1. The van der Waals surface area contributed by atoms with Crippen LogP contribution >= 0.6 is 0 Å². The zero-order chi connectivity index (χ0) is 27.4. The number of halogens is 1. The average Bonchev–Trinajstić information content (AvgIpc) is 3.29. The number of nitrogens with zero attached hydrogens (tertiary/aromatic N) is 3. The first-order valence-electron chi connectivity index (χ1n) is 11.9. The molecule has 10 heteroatoms. The van der Waals surface area contributed by atoms with Crippen LogP contribution in [0.4, 0.5) is 20.7 Å². The normalized spacial score (nSPS) is 11.1. The van der Waals surface area contributed by atoms with Crippen LogP contribution in [0.1, 0.15) is 42.5 Å². The SMILES string of the molecule is CNC(=O)c1cc(Oc2ccc(NC(=O)Nc3cc(C(C)(C)C)nn3-c3cccc(C)c3)cc2F)ccn1. The Morgan fingerprint density at radius 1 is 1.00 bits per heavy atom. The highest BCUT2D eigenvalue weighted by atomic mass is 19.1. The van der Waals surface area contributed by atoms with Crippen LogP contribution in [0.3, 0.4) is 0 Å². The Balaban J connectivity index is 1.50. The summed E-state index contributed by atoms with van der Waals surface area (Å²) in [4.78, 5) is 28.6. The van der Waals surface area contributed by atoms with E-state index in [0.29, 0.717) is 5.82 Å². The Morgan fingerprint density at radius 3 is 2.47 bits per heavy atom. The molecule has 2 heterocycles. The van der Waals surface area contributed by atoms with Crippen molar-refractivity contribution in [2.75, 3.05) is 17.7 Å². The van der Waals surface area contributed by atoms with Gasteiger partial charge >= 0.3 is 6.03 Å². The molecule has 9 nitrogen and oxygen atoms in total. The fourth-order valence-electron chi connectivity index (χ4n) is 3.59. The maximum Gasteiger partial charge on any atom is 0.324 e. The number of amides is 3. The van der Waals surface area contributed by atoms with Gasteiger partial charge in [0.2, 0.25) is 0 Å². The van der Waals surface area contributed by atoms with Gasteiger partial charge in [-0.2, -0.15) is 5.10 Å². The minimum atomic E-state index is -0.694. The summed E-state index contributed by atoms with van der Waals surface area (Å²) in [5, 5.41) is 12.6. The molecule has 2 aromatic carbocycles. The molecule has 38 heavy (non-hydrogen) atoms. The molecular formula is C28H29FN6O3. The summed E-state index contributed by atoms with van der Waals surface area (Å²) in [6.45, 7) is 8.10. The summed E-state index contributed by atoms with van der Waals surface area (Å²) < 4.78 is 22.0. The predicted molar refractivity (Wildman–Crippen MR) is 144 cm³/mol. The van der Waals surface area contributed by atoms with Crippen molar-refractivity contribution in [3.63, 3.8) is 0 Å². The molecule has 0 aliphatic heterocycles. The molecule has 0 unspecified atom stereocenters. The van der Waals surface area contributed by atoms with E-state index in [1.807, 2.05) is 58.0 Å². The number of hydrogen-bond acceptors (Lipinski definition) is 5. The van der Waals surface area contributed by atoms with Gasteiger partial charge in [-0.1, -0.05) is 32.9 Å². The van der Waals surface area contributed by atoms with E-state index in [-0.39, 0.29) is 34.2 Å². The van der Waals surface area contributed by atoms with Gasteiger partial charge in [-0.15, -0.1) is 0 Å². The highest BCUT2D eigenvalue weighted by Crippen LogP contribution is 2.28. The van der Waals surface area contributed by atoms with E-state index in [4.69, 9.17) is 9.84 Å². The quantitative estimate of drug-likeness (QED) is 0.300. The van der Waals surface area contributed by atoms with Crippen LogP contribution < -0.4 is 20.7 Å². The number of aryl methyl sites for hydroxylation is 1. The summed E-state index contributed by atoms with van der Waals surface area (Å²) in [5.74, 6) is -0.434. The second kappa shape index (κ2) is 10.7. The average molecular weight is 517 g/mol. The molecule has 0 aliphatic carbocycles. The zero-order valence-corrected chi connectivity index (χ0v) is 21.8. The van der Waals surface area contributed by atoms with Gasteiger partial charge in [0.15, 0.2) is 11.6 Å². The lowest BCUT2D eigenvalue weighted by molar-refractivity contribution is 0.0958. The molecule has 0 spiro atoms. The number of pyridine rings is 1. The van der Waals surface area contributed by atoms with Crippen molar-refractivity contribution >= 4 is 23.4 Å². The number of aromatic nitrogens is 3. The highest BCUT2D eigenvalue weighted by Gasteiger charge is 2.22. The van der Waals surface area contributed by atoms with Crippen LogP contribution in [0.5, 0.6) is 11.5 Å². The number of carbonyl (C=O) groups excluding carboxylic acids is 2. The van der Waals surface area contributed by atoms with Crippen molar-refractivity contribution in [3.05, 3.63) is 89.6 Å². The fourth-order valence-corrected chi connectivity index (χ4v) is 3.59. The number of rotatable bonds is 6. The number of hydrogen-bond donors (Lipinski definition) is 3. The van der Waals surface area contributed by atoms with Crippen molar-refractivity contribution in [2.45, 2.75) is 33.1 Å². The van der Waals surface area contributed by atoms with Crippen LogP contribution in [-0.2, 0) is 5.41 Å². The standard InChI is InChI=1S/C28H29FN6O3/c1-17-7-6-8-19(13-17)35-25(16-24(34-35)28(2,3)4)33-27(37)32-18-9-10-23(21(29)14-18)38-20-11-12-31-22(15-20)26(36)30-5/h6-16H,1-5H3,(H,30,36)(H2,32,33,37). The number of nitrogens with one attached hydrogen (secondary N) is 3. The largest absolute Gasteiger partial charge is 0.454 e. The van der Waals surface area contributed by atoms with E-state index in [1.165, 1.54) is 37.5 Å². The Labute approximate surface area is 220 Å². The lowest BCUT2D eigenvalue weighted by Crippen LogP contribution is -2.21. The number of carbonyl (C=O) groups is 2. The molecular weight excluding hydrogens is 487 g/mol. The van der Waals surface area contributed by atoms with Gasteiger partial charge in [0, 0.05) is 42.5 Å². The minimum absolute atomic E-state index is 0.0719. The molecule has 3 N–H and O–H groups in total. The van der Waals surface area contributed by atoms with Gasteiger partial charge in [0.05, 0.1) is 11.4 Å². The van der Waals surface area contributed by atoms with Crippen LogP contribution in [0.15, 0.2) is 66.9 Å². The summed E-state index contributed by atoms with van der Waals surface area (Å²) in [7, 11) is 1.49. The molecule has 0 aliphatic rings. The molecule has 0 bridgehead atoms. The monoisotopic (exact) mass is 516 g/mol. The molecule has 196 valence electrons. The summed E-state index contributed by atoms with van der Waals surface area (Å²) >= 11 is 0. The van der Waals surface area contributed by atoms with Gasteiger partial charge < -0.3 is 15.4 Å². The van der Waals surface area contributed by atoms with Gasteiger partial charge in [-0.05, 0) is 42.8 Å². The molecule has 0 atom stereocenters. The zero-order valence-electron chi connectivity index (χ0n) is 21.8. The second-order valence-corrected chi connectivity index (χ2v) is 9.70. The van der Waals surface area contributed by atoms with Crippen LogP contribution in [0, 0.1) is 12.7 Å². The van der Waals surface area contributed by atoms with Gasteiger partial charge in [0.25, 0.3) is 5.91 Å². The van der Waals surface area contributed by atoms with Gasteiger partial charge in [0.1, 0.15) is 17.3 Å². The first-order valence-corrected chi connectivity index (χ1v) is 11.9. The third-order valence-electron chi connectivity index (χ3n) is 5.57. The molecule has 0 saturated carbocycles. The first-order chi connectivity index (χ1) is 18.0. The fraction of sp³-hybridized carbons (Fsp3) is 0.214. The van der Waals surface area contributed by atoms with Crippen LogP contribution in [0.25, 0.3) is 5.69 Å². The second-order valence-electron chi connectivity index (χ2n) is 9.70. The van der Waals surface area contributed by atoms with Crippen molar-refractivity contribution in [2.24, 2.45) is 0 Å². The lowest BCUT2D eigenvalue weighted by Gasteiger charge is -2.14. The molecule has 0 saturated heterocycles. The molecule has 4 aromatic rings. The first kappa shape index (κ1) is 26.3. The minimum Gasteiger partial charge on any atom is -0.454 e. The maximum absolute atomic E-state index is 14.8. The maximum atomic E-state index is 14.8. The molecule has 2 aromatic heterocycles. The van der Waals surface area contributed by atoms with Gasteiger partial charge in [-0.25, -0.2) is 13.9 Å². The number of ether oxygens (including phenoxy) is 1. The topological polar surface area (TPSA) is 110 Å². The third-order valence-corrected chi connectivity index (χ3v) is 5.57. The number of benzene rings is 2. The Bertz CT molecular complexity index is 1490. The van der Waals surface area contributed by atoms with E-state index in [2.05, 4.69) is 20.9 Å². The van der Waals surface area contributed by atoms with E-state index in [0.717, 1.165) is 23.0 Å². The van der Waals surface area contributed by atoms with Crippen molar-refractivity contribution in [1.29, 1.82) is 0 Å². The van der Waals surface area contributed by atoms with Crippen LogP contribution in [0.2, 0.25) is 0 Å². The molecule has 4 rings (SSSR count). The van der Waals surface area contributed by atoms with E-state index < -0.39 is 11.8 Å². The van der Waals surface area contributed by atoms with E-state index >= 15 is 0 Å². The lowest BCUT2D eigenvalue weighted by atomic mass is 9.92. The molecule has 0 radical (unpaired) electrons. The van der Waals surface area contributed by atoms with E-state index in [1.54, 1.807) is 4.68 Å². The summed E-state index contributed by atoms with van der Waals surface area (Å²) in [6.07, 6.45) is 1.39. The Kier molecular flexibility index (Phi) is 7.43. The Morgan fingerprint density at radius 2 is 1.79 bits per heavy atom. The predicted octanol–water partition coefficient (Wildman–Crippen LogP) is 5.81.